The Kier molecular flexibility index (Phi) is 3.87. The van der Waals surface area contributed by atoms with Crippen molar-refractivity contribution in [1.82, 2.24) is 0 Å². The van der Waals surface area contributed by atoms with Gasteiger partial charge in [-0.2, -0.15) is 11.8 Å². The number of aliphatic hydroxyl groups is 2. The van der Waals surface area contributed by atoms with Crippen molar-refractivity contribution in [3.05, 3.63) is 0 Å². The number of rotatable bonds is 2. The van der Waals surface area contributed by atoms with Crippen molar-refractivity contribution in [3.63, 3.8) is 0 Å². The fourth-order valence-electron chi connectivity index (χ4n) is 3.30. The van der Waals surface area contributed by atoms with Crippen LogP contribution in [0.25, 0.3) is 0 Å². The zero-order valence-electron chi connectivity index (χ0n) is 10.2. The molecule has 2 N–H and O–H groups in total. The van der Waals surface area contributed by atoms with Gasteiger partial charge in [0.25, 0.3) is 0 Å². The highest BCUT2D eigenvalue weighted by molar-refractivity contribution is 7.99. The second kappa shape index (κ2) is 4.87. The number of thioether (sulfide) groups is 1. The van der Waals surface area contributed by atoms with Gasteiger partial charge < -0.3 is 10.2 Å². The summed E-state index contributed by atoms with van der Waals surface area (Å²) >= 11 is 1.95. The van der Waals surface area contributed by atoms with Gasteiger partial charge in [-0.1, -0.05) is 6.92 Å². The molecule has 1 heterocycles. The highest BCUT2D eigenvalue weighted by Crippen LogP contribution is 2.50. The monoisotopic (exact) mass is 244 g/mol. The van der Waals surface area contributed by atoms with Crippen LogP contribution in [0.15, 0.2) is 0 Å². The summed E-state index contributed by atoms with van der Waals surface area (Å²) in [5.74, 6) is 2.94. The first kappa shape index (κ1) is 12.7. The van der Waals surface area contributed by atoms with Crippen LogP contribution in [0.2, 0.25) is 0 Å². The van der Waals surface area contributed by atoms with E-state index in [1.165, 1.54) is 0 Å². The van der Waals surface area contributed by atoms with E-state index in [0.29, 0.717) is 0 Å². The summed E-state index contributed by atoms with van der Waals surface area (Å²) in [5.41, 5.74) is -0.784. The molecule has 3 heteroatoms. The molecule has 0 aromatic carbocycles. The average Bonchev–Trinajstić information content (AvgIpc) is 2.34. The van der Waals surface area contributed by atoms with Crippen LogP contribution in [0.5, 0.6) is 0 Å². The fraction of sp³-hybridized carbons (Fsp3) is 1.00. The summed E-state index contributed by atoms with van der Waals surface area (Å²) in [4.78, 5) is 0. The van der Waals surface area contributed by atoms with E-state index in [9.17, 15) is 10.2 Å². The van der Waals surface area contributed by atoms with Gasteiger partial charge in [-0.25, -0.2) is 0 Å². The van der Waals surface area contributed by atoms with Crippen LogP contribution in [-0.2, 0) is 0 Å². The first-order valence-corrected chi connectivity index (χ1v) is 7.68. The lowest BCUT2D eigenvalue weighted by molar-refractivity contribution is -0.140. The van der Waals surface area contributed by atoms with Crippen molar-refractivity contribution in [2.24, 2.45) is 11.3 Å². The zero-order chi connectivity index (χ0) is 11.6. The van der Waals surface area contributed by atoms with Crippen molar-refractivity contribution >= 4 is 11.8 Å². The van der Waals surface area contributed by atoms with Gasteiger partial charge in [0.15, 0.2) is 0 Å². The van der Waals surface area contributed by atoms with Crippen molar-refractivity contribution in [2.45, 2.75) is 51.0 Å². The molecule has 0 bridgehead atoms. The molecule has 1 aliphatic heterocycles. The van der Waals surface area contributed by atoms with E-state index in [-0.39, 0.29) is 12.0 Å². The van der Waals surface area contributed by atoms with Gasteiger partial charge in [-0.3, -0.25) is 0 Å². The van der Waals surface area contributed by atoms with E-state index in [2.05, 4.69) is 6.92 Å². The molecule has 0 spiro atoms. The highest BCUT2D eigenvalue weighted by Gasteiger charge is 2.51. The minimum Gasteiger partial charge on any atom is -0.396 e. The van der Waals surface area contributed by atoms with E-state index in [1.54, 1.807) is 0 Å². The maximum absolute atomic E-state index is 10.9. The zero-order valence-corrected chi connectivity index (χ0v) is 11.1. The molecular formula is C13H24O2S. The van der Waals surface area contributed by atoms with Crippen molar-refractivity contribution in [2.75, 3.05) is 18.1 Å². The highest BCUT2D eigenvalue weighted by atomic mass is 32.2. The van der Waals surface area contributed by atoms with Crippen molar-refractivity contribution < 1.29 is 10.2 Å². The molecule has 2 aliphatic rings. The van der Waals surface area contributed by atoms with Gasteiger partial charge in [-0.15, -0.1) is 0 Å². The van der Waals surface area contributed by atoms with E-state index in [0.717, 1.165) is 55.9 Å². The summed E-state index contributed by atoms with van der Waals surface area (Å²) in [6.45, 7) is 2.43. The molecule has 0 amide bonds. The first-order valence-electron chi connectivity index (χ1n) is 6.53. The Morgan fingerprint density at radius 2 is 1.69 bits per heavy atom. The second-order valence-electron chi connectivity index (χ2n) is 5.76. The topological polar surface area (TPSA) is 40.5 Å². The lowest BCUT2D eigenvalue weighted by atomic mass is 9.61. The largest absolute Gasteiger partial charge is 0.396 e. The maximum atomic E-state index is 10.9. The summed E-state index contributed by atoms with van der Waals surface area (Å²) < 4.78 is 0. The molecule has 0 radical (unpaired) electrons. The Labute approximate surface area is 103 Å². The Hall–Kier alpha value is 0.270. The first-order chi connectivity index (χ1) is 7.62. The lowest BCUT2D eigenvalue weighted by Gasteiger charge is -2.51. The van der Waals surface area contributed by atoms with Gasteiger partial charge in [0.05, 0.1) is 12.2 Å². The molecule has 1 saturated carbocycles. The third-order valence-electron chi connectivity index (χ3n) is 4.84. The minimum absolute atomic E-state index is 0.165. The lowest BCUT2D eigenvalue weighted by Crippen LogP contribution is -2.54. The number of hydrogen-bond acceptors (Lipinski definition) is 3. The minimum atomic E-state index is -0.588. The SMILES string of the molecule is CC1CCC(O)(C2(CO)CCSCC2)CC1. The van der Waals surface area contributed by atoms with Gasteiger partial charge in [0.1, 0.15) is 0 Å². The van der Waals surface area contributed by atoms with Gasteiger partial charge in [0, 0.05) is 5.41 Å². The van der Waals surface area contributed by atoms with Crippen molar-refractivity contribution in [1.29, 1.82) is 0 Å². The van der Waals surface area contributed by atoms with Crippen LogP contribution in [0.3, 0.4) is 0 Å². The van der Waals surface area contributed by atoms with E-state index >= 15 is 0 Å². The Balaban J connectivity index is 2.12. The van der Waals surface area contributed by atoms with Crippen molar-refractivity contribution in [3.8, 4) is 0 Å². The van der Waals surface area contributed by atoms with Crippen LogP contribution in [-0.4, -0.2) is 33.9 Å². The molecule has 0 aromatic heterocycles. The molecule has 1 saturated heterocycles. The summed E-state index contributed by atoms with van der Waals surface area (Å²) in [6.07, 6.45) is 5.98. The molecule has 2 rings (SSSR count). The predicted octanol–water partition coefficient (Wildman–Crippen LogP) is 2.43. The Bertz CT molecular complexity index is 228. The molecule has 0 atom stereocenters. The average molecular weight is 244 g/mol. The summed E-state index contributed by atoms with van der Waals surface area (Å²) in [7, 11) is 0. The normalized spacial score (nSPS) is 39.6. The third kappa shape index (κ3) is 2.14. The molecule has 1 aliphatic carbocycles. The standard InChI is InChI=1S/C13H24O2S/c1-11-2-4-13(15,5-3-11)12(10-14)6-8-16-9-7-12/h11,14-15H,2-10H2,1H3. The number of aliphatic hydroxyl groups excluding tert-OH is 1. The van der Waals surface area contributed by atoms with E-state index in [4.69, 9.17) is 0 Å². The molecule has 2 fully saturated rings. The fourth-order valence-corrected chi connectivity index (χ4v) is 4.58. The predicted molar refractivity (Wildman–Crippen MR) is 68.7 cm³/mol. The molecular weight excluding hydrogens is 220 g/mol. The number of hydrogen-bond donors (Lipinski definition) is 2. The second-order valence-corrected chi connectivity index (χ2v) is 6.99. The van der Waals surface area contributed by atoms with Crippen LogP contribution in [0.4, 0.5) is 0 Å². The third-order valence-corrected chi connectivity index (χ3v) is 5.83. The van der Waals surface area contributed by atoms with Crippen LogP contribution >= 0.6 is 11.8 Å². The summed E-state index contributed by atoms with van der Waals surface area (Å²) in [6, 6.07) is 0. The molecule has 2 nitrogen and oxygen atoms in total. The van der Waals surface area contributed by atoms with Crippen LogP contribution in [0, 0.1) is 11.3 Å². The molecule has 0 aromatic rings. The molecule has 0 unspecified atom stereocenters. The molecule has 16 heavy (non-hydrogen) atoms. The quantitative estimate of drug-likeness (QED) is 0.784. The van der Waals surface area contributed by atoms with Crippen LogP contribution in [0.1, 0.15) is 45.4 Å². The van der Waals surface area contributed by atoms with Gasteiger partial charge in [0.2, 0.25) is 0 Å². The summed E-state index contributed by atoms with van der Waals surface area (Å²) in [5, 5.41) is 20.7. The Morgan fingerprint density at radius 3 is 2.19 bits per heavy atom. The maximum Gasteiger partial charge on any atom is 0.0726 e. The van der Waals surface area contributed by atoms with Gasteiger partial charge in [-0.05, 0) is 55.9 Å². The van der Waals surface area contributed by atoms with E-state index in [1.807, 2.05) is 11.8 Å². The smallest absolute Gasteiger partial charge is 0.0726 e. The van der Waals surface area contributed by atoms with Gasteiger partial charge >= 0.3 is 0 Å². The molecule has 94 valence electrons. The van der Waals surface area contributed by atoms with Crippen LogP contribution < -0.4 is 0 Å². The van der Waals surface area contributed by atoms with E-state index < -0.39 is 5.60 Å². The Morgan fingerprint density at radius 1 is 1.12 bits per heavy atom.